The predicted octanol–water partition coefficient (Wildman–Crippen LogP) is 0.0750. The molecule has 3 fully saturated rings. The normalized spacial score (nSPS) is 43.9. The lowest BCUT2D eigenvalue weighted by Gasteiger charge is -2.61. The lowest BCUT2D eigenvalue weighted by Crippen LogP contribution is -2.56. The third kappa shape index (κ3) is 0.864. The molecule has 0 aromatic rings. The molecule has 3 rings (SSSR count). The number of hydrogen-bond acceptors (Lipinski definition) is 2. The van der Waals surface area contributed by atoms with Crippen molar-refractivity contribution in [3.05, 3.63) is 0 Å². The van der Waals surface area contributed by atoms with Crippen molar-refractivity contribution < 1.29 is 8.42 Å². The van der Waals surface area contributed by atoms with Gasteiger partial charge in [-0.15, -0.1) is 0 Å². The molecule has 3 aliphatic carbocycles. The van der Waals surface area contributed by atoms with Gasteiger partial charge in [0.15, 0.2) is 0 Å². The van der Waals surface area contributed by atoms with Crippen LogP contribution in [0.5, 0.6) is 0 Å². The molecule has 3 nitrogen and oxygen atoms in total. The highest BCUT2D eigenvalue weighted by molar-refractivity contribution is 7.89. The summed E-state index contributed by atoms with van der Waals surface area (Å²) in [7, 11) is -3.20. The van der Waals surface area contributed by atoms with E-state index in [-0.39, 0.29) is 11.2 Å². The summed E-state index contributed by atoms with van der Waals surface area (Å²) < 4.78 is 21.3. The Morgan fingerprint density at radius 2 is 1.90 bits per heavy atom. The molecule has 0 aromatic heterocycles. The third-order valence-electron chi connectivity index (χ3n) is 2.67. The van der Waals surface area contributed by atoms with Crippen molar-refractivity contribution in [3.8, 4) is 0 Å². The molecule has 3 aliphatic rings. The van der Waals surface area contributed by atoms with Crippen LogP contribution in [0.1, 0.15) is 19.3 Å². The van der Waals surface area contributed by atoms with Gasteiger partial charge >= 0.3 is 0 Å². The second-order valence-electron chi connectivity index (χ2n) is 3.79. The maximum atomic E-state index is 10.6. The van der Waals surface area contributed by atoms with Crippen molar-refractivity contribution in [2.75, 3.05) is 5.75 Å². The van der Waals surface area contributed by atoms with Gasteiger partial charge in [-0.25, -0.2) is 13.6 Å². The zero-order chi connectivity index (χ0) is 7.41. The second-order valence-corrected chi connectivity index (χ2v) is 5.40. The Morgan fingerprint density at radius 3 is 2.00 bits per heavy atom. The van der Waals surface area contributed by atoms with Crippen LogP contribution in [0.25, 0.3) is 0 Å². The van der Waals surface area contributed by atoms with Gasteiger partial charge in [0.25, 0.3) is 0 Å². The average molecular weight is 161 g/mol. The van der Waals surface area contributed by atoms with E-state index in [1.807, 2.05) is 0 Å². The van der Waals surface area contributed by atoms with Crippen molar-refractivity contribution in [2.24, 2.45) is 16.5 Å². The number of hydrogen-bond donors (Lipinski definition) is 1. The molecule has 0 saturated heterocycles. The highest BCUT2D eigenvalue weighted by Gasteiger charge is 2.57. The summed E-state index contributed by atoms with van der Waals surface area (Å²) in [4.78, 5) is 0. The topological polar surface area (TPSA) is 60.2 Å². The monoisotopic (exact) mass is 161 g/mol. The second kappa shape index (κ2) is 1.56. The van der Waals surface area contributed by atoms with Crippen LogP contribution in [0.3, 0.4) is 0 Å². The Balaban J connectivity index is 2.03. The summed E-state index contributed by atoms with van der Waals surface area (Å²) in [6.07, 6.45) is 3.30. The van der Waals surface area contributed by atoms with E-state index in [1.165, 1.54) is 0 Å². The molecule has 0 aromatic carbocycles. The molecule has 0 radical (unpaired) electrons. The van der Waals surface area contributed by atoms with Gasteiger partial charge in [0.05, 0.1) is 5.75 Å². The van der Waals surface area contributed by atoms with Crippen LogP contribution in [0.15, 0.2) is 0 Å². The largest absolute Gasteiger partial charge is 0.229 e. The third-order valence-corrected chi connectivity index (χ3v) is 3.69. The van der Waals surface area contributed by atoms with Crippen molar-refractivity contribution in [1.82, 2.24) is 0 Å². The first-order valence-electron chi connectivity index (χ1n) is 3.50. The van der Waals surface area contributed by atoms with Gasteiger partial charge in [-0.05, 0) is 30.6 Å². The number of nitrogens with two attached hydrogens (primary N) is 1. The molecule has 58 valence electrons. The van der Waals surface area contributed by atoms with E-state index in [0.717, 1.165) is 25.2 Å². The Morgan fingerprint density at radius 1 is 1.40 bits per heavy atom. The Hall–Kier alpha value is -0.0900. The van der Waals surface area contributed by atoms with Crippen LogP contribution in [0.4, 0.5) is 0 Å². The van der Waals surface area contributed by atoms with Crippen molar-refractivity contribution in [1.29, 1.82) is 0 Å². The molecule has 0 spiro atoms. The molecule has 3 saturated carbocycles. The zero-order valence-corrected chi connectivity index (χ0v) is 6.52. The molecule has 0 unspecified atom stereocenters. The van der Waals surface area contributed by atoms with Crippen LogP contribution >= 0.6 is 0 Å². The van der Waals surface area contributed by atoms with E-state index < -0.39 is 10.0 Å². The van der Waals surface area contributed by atoms with E-state index in [9.17, 15) is 8.42 Å². The van der Waals surface area contributed by atoms with Crippen LogP contribution < -0.4 is 5.14 Å². The van der Waals surface area contributed by atoms with Gasteiger partial charge in [-0.2, -0.15) is 0 Å². The van der Waals surface area contributed by atoms with Gasteiger partial charge in [-0.1, -0.05) is 0 Å². The average Bonchev–Trinajstić information content (AvgIpc) is 1.48. The fourth-order valence-electron chi connectivity index (χ4n) is 2.26. The Labute approximate surface area is 60.7 Å². The van der Waals surface area contributed by atoms with Crippen LogP contribution in [-0.4, -0.2) is 14.2 Å². The first-order valence-corrected chi connectivity index (χ1v) is 5.21. The number of primary sulfonamides is 1. The first kappa shape index (κ1) is 6.61. The standard InChI is InChI=1S/C6H11NO2S/c7-10(8,9)4-6-1-5(2-6)3-6/h5H,1-4H2,(H2,7,8,9). The fourth-order valence-corrected chi connectivity index (χ4v) is 3.47. The van der Waals surface area contributed by atoms with Crippen LogP contribution in [-0.2, 0) is 10.0 Å². The molecule has 2 N–H and O–H groups in total. The summed E-state index contributed by atoms with van der Waals surface area (Å²) in [6.45, 7) is 0. The van der Waals surface area contributed by atoms with Gasteiger partial charge in [-0.3, -0.25) is 0 Å². The Kier molecular flexibility index (Phi) is 1.03. The fraction of sp³-hybridized carbons (Fsp3) is 1.00. The van der Waals surface area contributed by atoms with E-state index >= 15 is 0 Å². The summed E-state index contributed by atoms with van der Waals surface area (Å²) in [5.74, 6) is 1.05. The minimum Gasteiger partial charge on any atom is -0.229 e. The van der Waals surface area contributed by atoms with E-state index in [4.69, 9.17) is 5.14 Å². The van der Waals surface area contributed by atoms with Gasteiger partial charge < -0.3 is 0 Å². The molecular weight excluding hydrogens is 150 g/mol. The van der Waals surface area contributed by atoms with E-state index in [0.29, 0.717) is 0 Å². The molecule has 0 atom stereocenters. The minimum absolute atomic E-state index is 0.137. The first-order chi connectivity index (χ1) is 4.49. The lowest BCUT2D eigenvalue weighted by atomic mass is 9.45. The van der Waals surface area contributed by atoms with Crippen LogP contribution in [0, 0.1) is 11.3 Å². The SMILES string of the molecule is NS(=O)(=O)CC12CC(C1)C2. The maximum absolute atomic E-state index is 10.6. The molecule has 2 bridgehead atoms. The van der Waals surface area contributed by atoms with Crippen LogP contribution in [0.2, 0.25) is 0 Å². The summed E-state index contributed by atoms with van der Waals surface area (Å²) in [5.41, 5.74) is 0.137. The molecule has 0 heterocycles. The summed E-state index contributed by atoms with van der Waals surface area (Å²) >= 11 is 0. The van der Waals surface area contributed by atoms with Gasteiger partial charge in [0.1, 0.15) is 0 Å². The summed E-state index contributed by atoms with van der Waals surface area (Å²) in [5, 5.41) is 4.93. The molecule has 10 heavy (non-hydrogen) atoms. The quantitative estimate of drug-likeness (QED) is 0.623. The summed E-state index contributed by atoms with van der Waals surface area (Å²) in [6, 6.07) is 0. The molecular formula is C6H11NO2S. The highest BCUT2D eigenvalue weighted by Crippen LogP contribution is 2.64. The van der Waals surface area contributed by atoms with Gasteiger partial charge in [0, 0.05) is 0 Å². The molecule has 0 amide bonds. The maximum Gasteiger partial charge on any atom is 0.209 e. The molecule has 4 heteroatoms. The smallest absolute Gasteiger partial charge is 0.209 e. The number of rotatable bonds is 2. The zero-order valence-electron chi connectivity index (χ0n) is 5.71. The van der Waals surface area contributed by atoms with Crippen molar-refractivity contribution in [3.63, 3.8) is 0 Å². The van der Waals surface area contributed by atoms with E-state index in [1.54, 1.807) is 0 Å². The van der Waals surface area contributed by atoms with Gasteiger partial charge in [0.2, 0.25) is 10.0 Å². The number of sulfonamides is 1. The van der Waals surface area contributed by atoms with E-state index in [2.05, 4.69) is 0 Å². The van der Waals surface area contributed by atoms with Crippen molar-refractivity contribution in [2.45, 2.75) is 19.3 Å². The lowest BCUT2D eigenvalue weighted by molar-refractivity contribution is -0.0847. The highest BCUT2D eigenvalue weighted by atomic mass is 32.2. The Bertz CT molecular complexity index is 240. The van der Waals surface area contributed by atoms with Crippen molar-refractivity contribution >= 4 is 10.0 Å². The minimum atomic E-state index is -3.20. The molecule has 0 aliphatic heterocycles. The predicted molar refractivity (Wildman–Crippen MR) is 37.7 cm³/mol.